The standard InChI is InChI=1S/C25H21F6N3O2/c1-12(35)33-6-5-21-17(11-33)22(13-3-4-19(27)18(7-13)25(29,30)31)32-34(21)23-15-8-14(26)9-20(28)16(15)10-24(23,2)36/h3-4,7-9,23,36H,5-6,10-11H2,1-2H3/t23-,24?/m0/s1. The van der Waals surface area contributed by atoms with Crippen molar-refractivity contribution in [3.8, 4) is 11.3 Å². The summed E-state index contributed by atoms with van der Waals surface area (Å²) >= 11 is 0. The van der Waals surface area contributed by atoms with Gasteiger partial charge in [-0.05, 0) is 42.3 Å². The number of carbonyl (C=O) groups is 1. The summed E-state index contributed by atoms with van der Waals surface area (Å²) in [5, 5.41) is 15.8. The number of hydrogen-bond donors (Lipinski definition) is 1. The van der Waals surface area contributed by atoms with Crippen LogP contribution in [0.2, 0.25) is 0 Å². The fraction of sp³-hybridized carbons (Fsp3) is 0.360. The van der Waals surface area contributed by atoms with Crippen LogP contribution in [0.3, 0.4) is 0 Å². The Morgan fingerprint density at radius 2 is 1.83 bits per heavy atom. The van der Waals surface area contributed by atoms with Gasteiger partial charge >= 0.3 is 6.18 Å². The van der Waals surface area contributed by atoms with Gasteiger partial charge < -0.3 is 10.0 Å². The van der Waals surface area contributed by atoms with Crippen molar-refractivity contribution in [2.45, 2.75) is 51.1 Å². The average molecular weight is 509 g/mol. The topological polar surface area (TPSA) is 58.4 Å². The zero-order valence-electron chi connectivity index (χ0n) is 19.3. The molecular weight excluding hydrogens is 488 g/mol. The van der Waals surface area contributed by atoms with Crippen LogP contribution in [-0.4, -0.2) is 37.8 Å². The normalized spacial score (nSPS) is 21.5. The van der Waals surface area contributed by atoms with E-state index in [2.05, 4.69) is 5.10 Å². The minimum Gasteiger partial charge on any atom is -0.387 e. The molecule has 0 saturated carbocycles. The van der Waals surface area contributed by atoms with E-state index in [4.69, 9.17) is 0 Å². The number of rotatable bonds is 2. The molecule has 2 aliphatic rings. The van der Waals surface area contributed by atoms with Crippen LogP contribution in [0, 0.1) is 17.5 Å². The summed E-state index contributed by atoms with van der Waals surface area (Å²) in [6.07, 6.45) is -4.83. The summed E-state index contributed by atoms with van der Waals surface area (Å²) in [7, 11) is 0. The van der Waals surface area contributed by atoms with Crippen molar-refractivity contribution >= 4 is 5.91 Å². The summed E-state index contributed by atoms with van der Waals surface area (Å²) < 4.78 is 84.4. The first kappa shape index (κ1) is 24.4. The van der Waals surface area contributed by atoms with E-state index in [1.165, 1.54) is 23.4 Å². The van der Waals surface area contributed by atoms with E-state index in [0.717, 1.165) is 18.2 Å². The predicted octanol–water partition coefficient (Wildman–Crippen LogP) is 4.79. The van der Waals surface area contributed by atoms with E-state index >= 15 is 0 Å². The van der Waals surface area contributed by atoms with E-state index in [9.17, 15) is 36.2 Å². The molecule has 5 rings (SSSR count). The molecule has 11 heteroatoms. The van der Waals surface area contributed by atoms with Crippen LogP contribution < -0.4 is 0 Å². The third kappa shape index (κ3) is 3.85. The molecule has 2 heterocycles. The Morgan fingerprint density at radius 3 is 2.50 bits per heavy atom. The highest BCUT2D eigenvalue weighted by Gasteiger charge is 2.46. The Morgan fingerprint density at radius 1 is 1.11 bits per heavy atom. The lowest BCUT2D eigenvalue weighted by molar-refractivity contribution is -0.140. The summed E-state index contributed by atoms with van der Waals surface area (Å²) in [6.45, 7) is 3.12. The molecular formula is C25H21F6N3O2. The van der Waals surface area contributed by atoms with Crippen LogP contribution >= 0.6 is 0 Å². The highest BCUT2D eigenvalue weighted by atomic mass is 19.4. The molecule has 1 N–H and O–H groups in total. The smallest absolute Gasteiger partial charge is 0.387 e. The number of benzene rings is 2. The van der Waals surface area contributed by atoms with Crippen LogP contribution in [-0.2, 0) is 30.4 Å². The molecule has 1 unspecified atom stereocenters. The van der Waals surface area contributed by atoms with Crippen LogP contribution in [0.1, 0.15) is 47.8 Å². The monoisotopic (exact) mass is 509 g/mol. The summed E-state index contributed by atoms with van der Waals surface area (Å²) in [4.78, 5) is 13.6. The molecule has 1 amide bonds. The molecule has 0 radical (unpaired) electrons. The number of nitrogens with zero attached hydrogens (tertiary/aromatic N) is 3. The van der Waals surface area contributed by atoms with E-state index in [-0.39, 0.29) is 54.2 Å². The number of amides is 1. The summed E-state index contributed by atoms with van der Waals surface area (Å²) in [6, 6.07) is 3.30. The number of fused-ring (bicyclic) bond motifs is 2. The molecule has 5 nitrogen and oxygen atoms in total. The largest absolute Gasteiger partial charge is 0.419 e. The average Bonchev–Trinajstić information content (AvgIpc) is 3.26. The molecule has 36 heavy (non-hydrogen) atoms. The van der Waals surface area contributed by atoms with Gasteiger partial charge in [0.15, 0.2) is 0 Å². The molecule has 190 valence electrons. The van der Waals surface area contributed by atoms with Gasteiger partial charge in [0.05, 0.1) is 16.9 Å². The van der Waals surface area contributed by atoms with E-state index in [0.29, 0.717) is 23.4 Å². The van der Waals surface area contributed by atoms with Gasteiger partial charge in [-0.3, -0.25) is 9.48 Å². The van der Waals surface area contributed by atoms with Gasteiger partial charge in [0.2, 0.25) is 5.91 Å². The Bertz CT molecular complexity index is 1400. The van der Waals surface area contributed by atoms with Crippen molar-refractivity contribution in [2.24, 2.45) is 0 Å². The first-order valence-corrected chi connectivity index (χ1v) is 11.2. The maximum Gasteiger partial charge on any atom is 0.419 e. The van der Waals surface area contributed by atoms with Crippen molar-refractivity contribution in [1.29, 1.82) is 0 Å². The quantitative estimate of drug-likeness (QED) is 0.506. The molecule has 2 atom stereocenters. The molecule has 1 aromatic heterocycles. The van der Waals surface area contributed by atoms with Crippen molar-refractivity contribution < 1.29 is 36.2 Å². The second-order valence-electron chi connectivity index (χ2n) is 9.49. The number of aliphatic hydroxyl groups is 1. The lowest BCUT2D eigenvalue weighted by Crippen LogP contribution is -2.38. The zero-order chi connectivity index (χ0) is 26.2. The Balaban J connectivity index is 1.74. The van der Waals surface area contributed by atoms with Crippen molar-refractivity contribution in [1.82, 2.24) is 14.7 Å². The lowest BCUT2D eigenvalue weighted by atomic mass is 9.95. The van der Waals surface area contributed by atoms with E-state index < -0.39 is 40.8 Å². The van der Waals surface area contributed by atoms with Gasteiger partial charge in [-0.15, -0.1) is 0 Å². The van der Waals surface area contributed by atoms with Crippen LogP contribution in [0.15, 0.2) is 30.3 Å². The number of carbonyl (C=O) groups excluding carboxylic acids is 1. The number of halogens is 6. The number of alkyl halides is 3. The molecule has 1 aliphatic carbocycles. The second kappa shape index (κ2) is 8.09. The van der Waals surface area contributed by atoms with Gasteiger partial charge in [0.25, 0.3) is 0 Å². The Hall–Kier alpha value is -3.34. The molecule has 0 bridgehead atoms. The molecule has 2 aromatic carbocycles. The van der Waals surface area contributed by atoms with Crippen molar-refractivity contribution in [3.63, 3.8) is 0 Å². The highest BCUT2D eigenvalue weighted by molar-refractivity contribution is 5.75. The number of hydrogen-bond acceptors (Lipinski definition) is 3. The van der Waals surface area contributed by atoms with Crippen LogP contribution in [0.25, 0.3) is 11.3 Å². The van der Waals surface area contributed by atoms with E-state index in [1.54, 1.807) is 0 Å². The van der Waals surface area contributed by atoms with Crippen LogP contribution in [0.4, 0.5) is 26.3 Å². The Kier molecular flexibility index (Phi) is 5.47. The number of aromatic nitrogens is 2. The Labute approximate surface area is 201 Å². The lowest BCUT2D eigenvalue weighted by Gasteiger charge is -2.31. The molecule has 3 aromatic rings. The SMILES string of the molecule is CC(=O)N1CCc2c(c(-c3ccc(F)c(C(F)(F)F)c3)nn2[C@H]2c3cc(F)cc(F)c3CC2(C)O)C1. The molecule has 0 fully saturated rings. The third-order valence-electron chi connectivity index (χ3n) is 6.93. The minimum atomic E-state index is -4.95. The first-order chi connectivity index (χ1) is 16.8. The van der Waals surface area contributed by atoms with Crippen LogP contribution in [0.5, 0.6) is 0 Å². The van der Waals surface area contributed by atoms with Crippen molar-refractivity contribution in [3.05, 3.63) is 75.7 Å². The fourth-order valence-electron chi connectivity index (χ4n) is 5.29. The summed E-state index contributed by atoms with van der Waals surface area (Å²) in [5.41, 5.74) is -1.77. The molecule has 0 spiro atoms. The van der Waals surface area contributed by atoms with Crippen molar-refractivity contribution in [2.75, 3.05) is 6.54 Å². The fourth-order valence-corrected chi connectivity index (χ4v) is 5.29. The minimum absolute atomic E-state index is 0.0258. The second-order valence-corrected chi connectivity index (χ2v) is 9.49. The van der Waals surface area contributed by atoms with Gasteiger partial charge in [0, 0.05) is 55.7 Å². The van der Waals surface area contributed by atoms with Gasteiger partial charge in [-0.2, -0.15) is 18.3 Å². The van der Waals surface area contributed by atoms with Gasteiger partial charge in [-0.25, -0.2) is 13.2 Å². The van der Waals surface area contributed by atoms with Gasteiger partial charge in [-0.1, -0.05) is 0 Å². The summed E-state index contributed by atoms with van der Waals surface area (Å²) in [5.74, 6) is -3.35. The third-order valence-corrected chi connectivity index (χ3v) is 6.93. The maximum absolute atomic E-state index is 14.6. The first-order valence-electron chi connectivity index (χ1n) is 11.2. The molecule has 0 saturated heterocycles. The van der Waals surface area contributed by atoms with E-state index in [1.807, 2.05) is 0 Å². The predicted molar refractivity (Wildman–Crippen MR) is 116 cm³/mol. The highest BCUT2D eigenvalue weighted by Crippen LogP contribution is 2.46. The zero-order valence-corrected chi connectivity index (χ0v) is 19.3. The van der Waals surface area contributed by atoms with Gasteiger partial charge in [0.1, 0.15) is 23.5 Å². The maximum atomic E-state index is 14.6. The molecule has 1 aliphatic heterocycles.